The summed E-state index contributed by atoms with van der Waals surface area (Å²) in [6.07, 6.45) is 4.18. The van der Waals surface area contributed by atoms with E-state index in [9.17, 15) is 0 Å². The molecular weight excluding hydrogens is 236 g/mol. The van der Waals surface area contributed by atoms with Gasteiger partial charge in [-0.25, -0.2) is 9.97 Å². The molecule has 2 N–H and O–H groups in total. The Labute approximate surface area is 113 Å². The van der Waals surface area contributed by atoms with Crippen LogP contribution in [0.15, 0.2) is 36.5 Å². The van der Waals surface area contributed by atoms with Gasteiger partial charge in [-0.15, -0.1) is 0 Å². The van der Waals surface area contributed by atoms with Crippen LogP contribution in [0.4, 0.5) is 11.6 Å². The number of anilines is 2. The predicted octanol–water partition coefficient (Wildman–Crippen LogP) is 2.95. The van der Waals surface area contributed by atoms with Crippen LogP contribution in [0.3, 0.4) is 0 Å². The zero-order chi connectivity index (χ0) is 13.1. The number of nitrogens with one attached hydrogen (secondary N) is 2. The van der Waals surface area contributed by atoms with Crippen LogP contribution in [0.1, 0.15) is 30.1 Å². The minimum atomic E-state index is 0.395. The van der Waals surface area contributed by atoms with Gasteiger partial charge in [0, 0.05) is 12.2 Å². The minimum absolute atomic E-state index is 0.395. The Morgan fingerprint density at radius 2 is 2.21 bits per heavy atom. The Balaban J connectivity index is 1.81. The molecule has 0 saturated carbocycles. The first-order valence-corrected chi connectivity index (χ1v) is 6.72. The topological polar surface area (TPSA) is 49.8 Å². The Bertz CT molecular complexity index is 562. The smallest absolute Gasteiger partial charge is 0.134 e. The quantitative estimate of drug-likeness (QED) is 0.884. The summed E-state index contributed by atoms with van der Waals surface area (Å²) in [7, 11) is 0. The summed E-state index contributed by atoms with van der Waals surface area (Å²) in [5, 5.41) is 6.76. The van der Waals surface area contributed by atoms with Crippen molar-refractivity contribution in [3.05, 3.63) is 47.8 Å². The van der Waals surface area contributed by atoms with Gasteiger partial charge in [0.1, 0.15) is 11.6 Å². The first kappa shape index (κ1) is 12.1. The fourth-order valence-electron chi connectivity index (χ4n) is 2.39. The molecular formula is C15H18N4. The lowest BCUT2D eigenvalue weighted by Crippen LogP contribution is -2.14. The number of aromatic nitrogens is 2. The molecule has 4 heteroatoms. The van der Waals surface area contributed by atoms with Crippen molar-refractivity contribution in [2.75, 3.05) is 11.9 Å². The van der Waals surface area contributed by atoms with E-state index < -0.39 is 0 Å². The number of rotatable bonds is 3. The summed E-state index contributed by atoms with van der Waals surface area (Å²) in [6, 6.07) is 10.5. The van der Waals surface area contributed by atoms with Gasteiger partial charge < -0.3 is 10.6 Å². The van der Waals surface area contributed by atoms with Crippen molar-refractivity contribution < 1.29 is 0 Å². The fraction of sp³-hybridized carbons (Fsp3) is 0.333. The maximum absolute atomic E-state index is 4.68. The van der Waals surface area contributed by atoms with E-state index in [4.69, 9.17) is 0 Å². The Morgan fingerprint density at radius 3 is 3.00 bits per heavy atom. The fourth-order valence-corrected chi connectivity index (χ4v) is 2.39. The van der Waals surface area contributed by atoms with E-state index in [0.717, 1.165) is 29.4 Å². The first-order chi connectivity index (χ1) is 9.33. The van der Waals surface area contributed by atoms with Crippen LogP contribution >= 0.6 is 0 Å². The Morgan fingerprint density at radius 1 is 1.26 bits per heavy atom. The average Bonchev–Trinajstić information content (AvgIpc) is 2.96. The molecule has 2 aromatic rings. The maximum atomic E-state index is 4.68. The molecule has 1 atom stereocenters. The van der Waals surface area contributed by atoms with Crippen molar-refractivity contribution in [1.29, 1.82) is 0 Å². The molecule has 0 bridgehead atoms. The van der Waals surface area contributed by atoms with Gasteiger partial charge in [0.05, 0.1) is 5.69 Å². The molecule has 0 amide bonds. The summed E-state index contributed by atoms with van der Waals surface area (Å²) in [5.74, 6) is 1.72. The van der Waals surface area contributed by atoms with Crippen LogP contribution in [0.25, 0.3) is 0 Å². The Kier molecular flexibility index (Phi) is 3.42. The second kappa shape index (κ2) is 5.36. The van der Waals surface area contributed by atoms with E-state index in [0.29, 0.717) is 6.04 Å². The van der Waals surface area contributed by atoms with Gasteiger partial charge in [-0.1, -0.05) is 12.1 Å². The molecule has 98 valence electrons. The highest BCUT2D eigenvalue weighted by molar-refractivity contribution is 5.55. The zero-order valence-corrected chi connectivity index (χ0v) is 11.1. The van der Waals surface area contributed by atoms with Gasteiger partial charge in [-0.05, 0) is 50.1 Å². The number of hydrogen-bond acceptors (Lipinski definition) is 4. The highest BCUT2D eigenvalue weighted by atomic mass is 15.1. The molecule has 1 fully saturated rings. The second-order valence-corrected chi connectivity index (χ2v) is 4.89. The summed E-state index contributed by atoms with van der Waals surface area (Å²) in [5.41, 5.74) is 2.23. The lowest BCUT2D eigenvalue weighted by atomic mass is 10.1. The monoisotopic (exact) mass is 254 g/mol. The van der Waals surface area contributed by atoms with Crippen molar-refractivity contribution in [1.82, 2.24) is 15.3 Å². The third kappa shape index (κ3) is 2.74. The highest BCUT2D eigenvalue weighted by Crippen LogP contribution is 2.23. The highest BCUT2D eigenvalue weighted by Gasteiger charge is 2.17. The van der Waals surface area contributed by atoms with Crippen LogP contribution < -0.4 is 10.6 Å². The lowest BCUT2D eigenvalue weighted by Gasteiger charge is -2.12. The molecule has 1 aliphatic rings. The van der Waals surface area contributed by atoms with Gasteiger partial charge in [-0.2, -0.15) is 0 Å². The van der Waals surface area contributed by atoms with Crippen molar-refractivity contribution >= 4 is 11.6 Å². The standard InChI is InChI=1S/C15H18N4/c1-11-5-3-10-17-15(11)19-14-8-2-6-13(18-14)12-7-4-9-16-12/h2-3,5-6,8,10,12,16H,4,7,9H2,1H3,(H,17,18,19)/t12-/m1/s1. The van der Waals surface area contributed by atoms with Gasteiger partial charge in [0.15, 0.2) is 0 Å². The molecule has 3 rings (SSSR count). The predicted molar refractivity (Wildman–Crippen MR) is 76.5 cm³/mol. The van der Waals surface area contributed by atoms with E-state index in [1.165, 1.54) is 12.8 Å². The van der Waals surface area contributed by atoms with E-state index >= 15 is 0 Å². The van der Waals surface area contributed by atoms with Crippen molar-refractivity contribution in [3.8, 4) is 0 Å². The van der Waals surface area contributed by atoms with Crippen LogP contribution in [-0.4, -0.2) is 16.5 Å². The third-order valence-corrected chi connectivity index (χ3v) is 3.44. The molecule has 4 nitrogen and oxygen atoms in total. The summed E-state index contributed by atoms with van der Waals surface area (Å²) in [4.78, 5) is 9.01. The summed E-state index contributed by atoms with van der Waals surface area (Å²) >= 11 is 0. The van der Waals surface area contributed by atoms with E-state index in [1.807, 2.05) is 31.2 Å². The number of hydrogen-bond donors (Lipinski definition) is 2. The lowest BCUT2D eigenvalue weighted by molar-refractivity contribution is 0.629. The van der Waals surface area contributed by atoms with E-state index in [2.05, 4.69) is 26.7 Å². The number of nitrogens with zero attached hydrogens (tertiary/aromatic N) is 2. The van der Waals surface area contributed by atoms with Crippen LogP contribution in [0.5, 0.6) is 0 Å². The van der Waals surface area contributed by atoms with Gasteiger partial charge in [0.2, 0.25) is 0 Å². The number of pyridine rings is 2. The molecule has 19 heavy (non-hydrogen) atoms. The third-order valence-electron chi connectivity index (χ3n) is 3.44. The summed E-state index contributed by atoms with van der Waals surface area (Å²) < 4.78 is 0. The minimum Gasteiger partial charge on any atom is -0.325 e. The molecule has 0 unspecified atom stereocenters. The average molecular weight is 254 g/mol. The molecule has 0 aliphatic carbocycles. The van der Waals surface area contributed by atoms with Crippen molar-refractivity contribution in [2.45, 2.75) is 25.8 Å². The molecule has 2 aromatic heterocycles. The summed E-state index contributed by atoms with van der Waals surface area (Å²) in [6.45, 7) is 3.13. The van der Waals surface area contributed by atoms with E-state index in [1.54, 1.807) is 6.20 Å². The normalized spacial score (nSPS) is 18.5. The molecule has 0 radical (unpaired) electrons. The zero-order valence-electron chi connectivity index (χ0n) is 11.1. The number of aryl methyl sites for hydroxylation is 1. The maximum Gasteiger partial charge on any atom is 0.134 e. The van der Waals surface area contributed by atoms with Gasteiger partial charge in [-0.3, -0.25) is 0 Å². The first-order valence-electron chi connectivity index (χ1n) is 6.72. The van der Waals surface area contributed by atoms with Crippen LogP contribution in [-0.2, 0) is 0 Å². The van der Waals surface area contributed by atoms with Gasteiger partial charge >= 0.3 is 0 Å². The molecule has 1 aliphatic heterocycles. The largest absolute Gasteiger partial charge is 0.325 e. The van der Waals surface area contributed by atoms with Crippen LogP contribution in [0.2, 0.25) is 0 Å². The molecule has 0 aromatic carbocycles. The van der Waals surface area contributed by atoms with Crippen LogP contribution in [0, 0.1) is 6.92 Å². The Hall–Kier alpha value is -1.94. The second-order valence-electron chi connectivity index (χ2n) is 4.89. The molecule has 0 spiro atoms. The van der Waals surface area contributed by atoms with Crippen molar-refractivity contribution in [3.63, 3.8) is 0 Å². The van der Waals surface area contributed by atoms with Gasteiger partial charge in [0.25, 0.3) is 0 Å². The van der Waals surface area contributed by atoms with E-state index in [-0.39, 0.29) is 0 Å². The SMILES string of the molecule is Cc1cccnc1Nc1cccc([C@H]2CCCN2)n1. The molecule has 3 heterocycles. The molecule has 1 saturated heterocycles. The van der Waals surface area contributed by atoms with Crippen molar-refractivity contribution in [2.24, 2.45) is 0 Å².